The van der Waals surface area contributed by atoms with Crippen LogP contribution in [-0.4, -0.2) is 63.2 Å². The number of aromatic amines is 1. The number of nitrogens with zero attached hydrogens (tertiary/aromatic N) is 5. The SMILES string of the molecule is CC(NC(=O)c1ccc2c(n1)N(C(=O)Nc1cc3nc[nH]c3cn1)[C@H]1CCN2C1)C(F)(F)F. The number of aromatic nitrogens is 4. The summed E-state index contributed by atoms with van der Waals surface area (Å²) >= 11 is 0. The molecule has 2 aliphatic rings. The molecule has 3 amide bonds. The Morgan fingerprint density at radius 3 is 2.88 bits per heavy atom. The molecule has 2 aliphatic heterocycles. The number of anilines is 3. The van der Waals surface area contributed by atoms with Gasteiger partial charge in [0.2, 0.25) is 0 Å². The first kappa shape index (κ1) is 21.0. The summed E-state index contributed by atoms with van der Waals surface area (Å²) in [4.78, 5) is 44.6. The van der Waals surface area contributed by atoms with E-state index < -0.39 is 24.2 Å². The second-order valence-corrected chi connectivity index (χ2v) is 7.95. The number of imidazole rings is 1. The number of halogens is 3. The number of pyridine rings is 2. The number of hydrogen-bond donors (Lipinski definition) is 3. The number of rotatable bonds is 3. The van der Waals surface area contributed by atoms with Crippen molar-refractivity contribution in [2.45, 2.75) is 31.6 Å². The second kappa shape index (κ2) is 7.60. The Morgan fingerprint density at radius 2 is 2.09 bits per heavy atom. The molecule has 0 saturated carbocycles. The largest absolute Gasteiger partial charge is 0.408 e. The van der Waals surface area contributed by atoms with Gasteiger partial charge >= 0.3 is 12.2 Å². The van der Waals surface area contributed by atoms with Crippen molar-refractivity contribution in [2.24, 2.45) is 0 Å². The van der Waals surface area contributed by atoms with E-state index in [2.05, 4.69) is 25.3 Å². The number of carbonyl (C=O) groups excluding carboxylic acids is 2. The predicted octanol–water partition coefficient (Wildman–Crippen LogP) is 2.66. The molecule has 1 fully saturated rings. The fourth-order valence-electron chi connectivity index (χ4n) is 4.02. The molecule has 3 aromatic rings. The van der Waals surface area contributed by atoms with Crippen LogP contribution in [-0.2, 0) is 0 Å². The van der Waals surface area contributed by atoms with Gasteiger partial charge in [-0.05, 0) is 25.5 Å². The lowest BCUT2D eigenvalue weighted by Gasteiger charge is -2.35. The van der Waals surface area contributed by atoms with E-state index >= 15 is 0 Å². The second-order valence-electron chi connectivity index (χ2n) is 7.95. The smallest absolute Gasteiger partial charge is 0.366 e. The van der Waals surface area contributed by atoms with Gasteiger partial charge in [-0.2, -0.15) is 13.2 Å². The normalized spacial score (nSPS) is 18.2. The van der Waals surface area contributed by atoms with Crippen LogP contribution in [0.2, 0.25) is 0 Å². The number of hydrogen-bond acceptors (Lipinski definition) is 6. The van der Waals surface area contributed by atoms with Crippen molar-refractivity contribution >= 4 is 40.3 Å². The number of nitrogens with one attached hydrogen (secondary N) is 3. The van der Waals surface area contributed by atoms with E-state index in [1.165, 1.54) is 17.3 Å². The van der Waals surface area contributed by atoms with Crippen LogP contribution in [0.25, 0.3) is 11.0 Å². The van der Waals surface area contributed by atoms with E-state index in [1.807, 2.05) is 10.2 Å². The molecule has 33 heavy (non-hydrogen) atoms. The number of alkyl halides is 3. The summed E-state index contributed by atoms with van der Waals surface area (Å²) in [7, 11) is 0. The Hall–Kier alpha value is -3.90. The Morgan fingerprint density at radius 1 is 1.27 bits per heavy atom. The van der Waals surface area contributed by atoms with Gasteiger partial charge < -0.3 is 15.2 Å². The quantitative estimate of drug-likeness (QED) is 0.553. The minimum atomic E-state index is -4.58. The number of urea groups is 1. The number of amides is 3. The Balaban J connectivity index is 1.43. The lowest BCUT2D eigenvalue weighted by molar-refractivity contribution is -0.149. The third-order valence-corrected chi connectivity index (χ3v) is 5.78. The summed E-state index contributed by atoms with van der Waals surface area (Å²) in [6.45, 7) is 2.13. The average Bonchev–Trinajstić information content (AvgIpc) is 3.40. The van der Waals surface area contributed by atoms with Crippen molar-refractivity contribution in [1.29, 1.82) is 0 Å². The monoisotopic (exact) mass is 460 g/mol. The van der Waals surface area contributed by atoms with Crippen LogP contribution in [0.1, 0.15) is 23.8 Å². The Bertz CT molecular complexity index is 1240. The standard InChI is InChI=1S/C20H19F3N8O2/c1-10(20(21,22)23)27-18(32)12-2-3-15-17(28-12)31(11-4-5-30(15)8-11)19(33)29-16-6-13-14(7-24-16)26-9-25-13/h2-3,6-7,9-11H,4-5,8H2,1H3,(H,25,26)(H,27,32)(H,24,29,33)/t10?,11-/m0/s1. The van der Waals surface area contributed by atoms with E-state index in [4.69, 9.17) is 0 Å². The lowest BCUT2D eigenvalue weighted by atomic mass is 10.1. The van der Waals surface area contributed by atoms with Crippen molar-refractivity contribution in [2.75, 3.05) is 28.2 Å². The van der Waals surface area contributed by atoms with Crippen molar-refractivity contribution in [3.05, 3.63) is 36.4 Å². The van der Waals surface area contributed by atoms with Gasteiger partial charge in [0.15, 0.2) is 5.82 Å². The van der Waals surface area contributed by atoms with Crippen LogP contribution in [0.15, 0.2) is 30.7 Å². The summed E-state index contributed by atoms with van der Waals surface area (Å²) in [6.07, 6.45) is -0.838. The fourth-order valence-corrected chi connectivity index (χ4v) is 4.02. The maximum Gasteiger partial charge on any atom is 0.408 e. The Labute approximate surface area is 185 Å². The summed E-state index contributed by atoms with van der Waals surface area (Å²) in [6, 6.07) is 1.84. The van der Waals surface area contributed by atoms with Crippen molar-refractivity contribution in [1.82, 2.24) is 25.3 Å². The zero-order valence-corrected chi connectivity index (χ0v) is 17.3. The van der Waals surface area contributed by atoms with Crippen LogP contribution in [0.3, 0.4) is 0 Å². The van der Waals surface area contributed by atoms with Crippen molar-refractivity contribution in [3.8, 4) is 0 Å². The van der Waals surface area contributed by atoms with Crippen LogP contribution in [0.5, 0.6) is 0 Å². The number of H-pyrrole nitrogens is 1. The maximum absolute atomic E-state index is 13.2. The zero-order valence-electron chi connectivity index (χ0n) is 17.3. The van der Waals surface area contributed by atoms with Crippen molar-refractivity contribution in [3.63, 3.8) is 0 Å². The molecule has 1 saturated heterocycles. The van der Waals surface area contributed by atoms with E-state index in [0.29, 0.717) is 36.2 Å². The fraction of sp³-hybridized carbons (Fsp3) is 0.350. The molecule has 13 heteroatoms. The average molecular weight is 460 g/mol. The van der Waals surface area contributed by atoms with Crippen LogP contribution >= 0.6 is 0 Å². The molecule has 172 valence electrons. The molecule has 2 atom stereocenters. The molecule has 3 aromatic heterocycles. The minimum absolute atomic E-state index is 0.202. The van der Waals surface area contributed by atoms with Crippen LogP contribution in [0, 0.1) is 0 Å². The Kier molecular flexibility index (Phi) is 4.83. The van der Waals surface area contributed by atoms with Crippen molar-refractivity contribution < 1.29 is 22.8 Å². The third kappa shape index (κ3) is 3.79. The number of carbonyl (C=O) groups is 2. The molecule has 0 radical (unpaired) electrons. The van der Waals surface area contributed by atoms with E-state index in [-0.39, 0.29) is 23.4 Å². The van der Waals surface area contributed by atoms with Gasteiger partial charge in [0.25, 0.3) is 5.91 Å². The first-order chi connectivity index (χ1) is 15.7. The first-order valence-corrected chi connectivity index (χ1v) is 10.2. The summed E-state index contributed by atoms with van der Waals surface area (Å²) in [5.74, 6) is -0.467. The highest BCUT2D eigenvalue weighted by atomic mass is 19.4. The summed E-state index contributed by atoms with van der Waals surface area (Å²) in [5.41, 5.74) is 1.77. The van der Waals surface area contributed by atoms with E-state index in [1.54, 1.807) is 18.3 Å². The lowest BCUT2D eigenvalue weighted by Crippen LogP contribution is -2.49. The molecule has 5 rings (SSSR count). The molecule has 1 unspecified atom stereocenters. The van der Waals surface area contributed by atoms with Gasteiger partial charge in [0.05, 0.1) is 35.3 Å². The van der Waals surface area contributed by atoms with E-state index in [0.717, 1.165) is 6.92 Å². The molecule has 0 aliphatic carbocycles. The predicted molar refractivity (Wildman–Crippen MR) is 113 cm³/mol. The zero-order chi connectivity index (χ0) is 23.3. The van der Waals surface area contributed by atoms with Crippen LogP contribution in [0.4, 0.5) is 35.3 Å². The van der Waals surface area contributed by atoms with Gasteiger partial charge in [0, 0.05) is 19.2 Å². The summed E-state index contributed by atoms with van der Waals surface area (Å²) in [5, 5.41) is 4.63. The van der Waals surface area contributed by atoms with E-state index in [9.17, 15) is 22.8 Å². The number of fused-ring (bicyclic) bond motifs is 5. The maximum atomic E-state index is 13.2. The molecule has 2 bridgehead atoms. The molecule has 5 heterocycles. The molecule has 3 N–H and O–H groups in total. The molecule has 0 spiro atoms. The van der Waals surface area contributed by atoms with Gasteiger partial charge in [-0.3, -0.25) is 15.0 Å². The third-order valence-electron chi connectivity index (χ3n) is 5.78. The van der Waals surface area contributed by atoms with Crippen LogP contribution < -0.4 is 20.4 Å². The molecule has 10 nitrogen and oxygen atoms in total. The molecular formula is C20H19F3N8O2. The topological polar surface area (TPSA) is 119 Å². The first-order valence-electron chi connectivity index (χ1n) is 10.2. The highest BCUT2D eigenvalue weighted by Gasteiger charge is 2.41. The summed E-state index contributed by atoms with van der Waals surface area (Å²) < 4.78 is 38.5. The highest BCUT2D eigenvalue weighted by molar-refractivity contribution is 6.05. The van der Waals surface area contributed by atoms with Gasteiger partial charge in [-0.15, -0.1) is 0 Å². The highest BCUT2D eigenvalue weighted by Crippen LogP contribution is 2.39. The van der Waals surface area contributed by atoms with Gasteiger partial charge in [-0.1, -0.05) is 0 Å². The minimum Gasteiger partial charge on any atom is -0.366 e. The molecular weight excluding hydrogens is 441 g/mol. The van der Waals surface area contributed by atoms with Gasteiger partial charge in [0.1, 0.15) is 17.6 Å². The molecule has 0 aromatic carbocycles. The van der Waals surface area contributed by atoms with Gasteiger partial charge in [-0.25, -0.2) is 19.7 Å².